The van der Waals surface area contributed by atoms with E-state index in [2.05, 4.69) is 10.1 Å². The highest BCUT2D eigenvalue weighted by molar-refractivity contribution is 7.13. The highest BCUT2D eigenvalue weighted by atomic mass is 32.1. The number of rotatable bonds is 2. The summed E-state index contributed by atoms with van der Waals surface area (Å²) in [4.78, 5) is 15.4. The molecule has 0 amide bonds. The number of nitrogens with zero attached hydrogens (tertiary/aromatic N) is 2. The summed E-state index contributed by atoms with van der Waals surface area (Å²) in [5.41, 5.74) is 1.32. The van der Waals surface area contributed by atoms with Gasteiger partial charge in [-0.2, -0.15) is 9.61 Å². The Balaban J connectivity index is 2.30. The smallest absolute Gasteiger partial charge is 0.258 e. The number of aromatic nitrogens is 3. The van der Waals surface area contributed by atoms with E-state index in [1.807, 2.05) is 24.4 Å². The van der Waals surface area contributed by atoms with Crippen LogP contribution in [0.2, 0.25) is 0 Å². The summed E-state index contributed by atoms with van der Waals surface area (Å²) in [7, 11) is 0. The molecule has 92 valence electrons. The summed E-state index contributed by atoms with van der Waals surface area (Å²) in [5, 5.41) is 16.3. The Bertz CT molecular complexity index is 756. The van der Waals surface area contributed by atoms with Crippen molar-refractivity contribution in [2.24, 2.45) is 0 Å². The van der Waals surface area contributed by atoms with E-state index in [0.29, 0.717) is 17.6 Å². The number of fused-ring (bicyclic) bond motifs is 1. The second-order valence-corrected chi connectivity index (χ2v) is 4.86. The number of aromatic amines is 1. The van der Waals surface area contributed by atoms with E-state index in [0.717, 1.165) is 10.6 Å². The van der Waals surface area contributed by atoms with E-state index < -0.39 is 0 Å². The van der Waals surface area contributed by atoms with E-state index in [-0.39, 0.29) is 11.4 Å². The molecule has 2 N–H and O–H groups in total. The normalized spacial score (nSPS) is 11.2. The topological polar surface area (TPSA) is 70.4 Å². The zero-order valence-electron chi connectivity index (χ0n) is 9.67. The van der Waals surface area contributed by atoms with Crippen LogP contribution < -0.4 is 5.56 Å². The number of thiophene rings is 1. The molecule has 0 aliphatic carbocycles. The van der Waals surface area contributed by atoms with Gasteiger partial charge in [0.1, 0.15) is 11.3 Å². The van der Waals surface area contributed by atoms with Gasteiger partial charge in [-0.15, -0.1) is 11.3 Å². The number of H-pyrrole nitrogens is 1. The van der Waals surface area contributed by atoms with Crippen LogP contribution in [-0.4, -0.2) is 19.7 Å². The Kier molecular flexibility index (Phi) is 2.45. The first-order valence-electron chi connectivity index (χ1n) is 5.58. The third-order valence-corrected chi connectivity index (χ3v) is 3.72. The van der Waals surface area contributed by atoms with E-state index in [1.54, 1.807) is 17.4 Å². The fourth-order valence-corrected chi connectivity index (χ4v) is 2.60. The summed E-state index contributed by atoms with van der Waals surface area (Å²) in [5.74, 6) is -0.0842. The molecule has 18 heavy (non-hydrogen) atoms. The van der Waals surface area contributed by atoms with Crippen molar-refractivity contribution >= 4 is 17.0 Å². The standard InChI is InChI=1S/C12H11N3O2S/c1-2-7-11(16)13-10-6-8(9-4-3-5-18-9)14-15(10)12(7)17/h3-6,17H,2H2,1H3,(H,13,16). The molecule has 0 radical (unpaired) electrons. The van der Waals surface area contributed by atoms with Crippen LogP contribution in [0.1, 0.15) is 12.5 Å². The van der Waals surface area contributed by atoms with E-state index in [4.69, 9.17) is 0 Å². The van der Waals surface area contributed by atoms with Crippen molar-refractivity contribution < 1.29 is 5.11 Å². The van der Waals surface area contributed by atoms with Crippen LogP contribution in [0.15, 0.2) is 28.4 Å². The van der Waals surface area contributed by atoms with Gasteiger partial charge in [-0.05, 0) is 17.9 Å². The van der Waals surface area contributed by atoms with Crippen molar-refractivity contribution in [1.82, 2.24) is 14.6 Å². The minimum atomic E-state index is -0.264. The van der Waals surface area contributed by atoms with E-state index >= 15 is 0 Å². The zero-order valence-corrected chi connectivity index (χ0v) is 10.5. The van der Waals surface area contributed by atoms with Gasteiger partial charge in [-0.3, -0.25) is 4.79 Å². The molecule has 3 heterocycles. The van der Waals surface area contributed by atoms with Gasteiger partial charge in [0.25, 0.3) is 5.56 Å². The predicted octanol–water partition coefficient (Wildman–Crippen LogP) is 2.02. The van der Waals surface area contributed by atoms with Gasteiger partial charge >= 0.3 is 0 Å². The van der Waals surface area contributed by atoms with Gasteiger partial charge in [-0.1, -0.05) is 13.0 Å². The van der Waals surface area contributed by atoms with Gasteiger partial charge in [0.05, 0.1) is 10.4 Å². The van der Waals surface area contributed by atoms with Crippen LogP contribution in [0.4, 0.5) is 0 Å². The molecule has 5 nitrogen and oxygen atoms in total. The molecule has 0 atom stereocenters. The molecule has 0 bridgehead atoms. The third kappa shape index (κ3) is 1.53. The van der Waals surface area contributed by atoms with E-state index in [9.17, 15) is 9.90 Å². The predicted molar refractivity (Wildman–Crippen MR) is 70.2 cm³/mol. The molecule has 3 aromatic heterocycles. The number of aromatic hydroxyl groups is 1. The molecule has 0 fully saturated rings. The van der Waals surface area contributed by atoms with Crippen LogP contribution in [0.3, 0.4) is 0 Å². The van der Waals surface area contributed by atoms with Gasteiger partial charge in [0, 0.05) is 6.07 Å². The summed E-state index contributed by atoms with van der Waals surface area (Å²) < 4.78 is 1.37. The fraction of sp³-hybridized carbons (Fsp3) is 0.167. The maximum atomic E-state index is 11.7. The average molecular weight is 261 g/mol. The minimum absolute atomic E-state index is 0.0842. The van der Waals surface area contributed by atoms with Crippen molar-refractivity contribution in [3.05, 3.63) is 39.5 Å². The van der Waals surface area contributed by atoms with Crippen LogP contribution in [-0.2, 0) is 6.42 Å². The van der Waals surface area contributed by atoms with Crippen molar-refractivity contribution in [1.29, 1.82) is 0 Å². The lowest BCUT2D eigenvalue weighted by Gasteiger charge is -2.01. The maximum Gasteiger partial charge on any atom is 0.258 e. The summed E-state index contributed by atoms with van der Waals surface area (Å²) >= 11 is 1.56. The van der Waals surface area contributed by atoms with Crippen molar-refractivity contribution in [3.63, 3.8) is 0 Å². The van der Waals surface area contributed by atoms with Crippen LogP contribution in [0.5, 0.6) is 5.88 Å². The maximum absolute atomic E-state index is 11.7. The monoisotopic (exact) mass is 261 g/mol. The fourth-order valence-electron chi connectivity index (χ4n) is 1.92. The second-order valence-electron chi connectivity index (χ2n) is 3.91. The first kappa shape index (κ1) is 11.0. The van der Waals surface area contributed by atoms with Crippen molar-refractivity contribution in [2.45, 2.75) is 13.3 Å². The molecule has 0 saturated heterocycles. The Labute approximate surface area is 106 Å². The van der Waals surface area contributed by atoms with Gasteiger partial charge < -0.3 is 10.1 Å². The van der Waals surface area contributed by atoms with Crippen molar-refractivity contribution in [3.8, 4) is 16.5 Å². The largest absolute Gasteiger partial charge is 0.493 e. The minimum Gasteiger partial charge on any atom is -0.493 e. The van der Waals surface area contributed by atoms with Gasteiger partial charge in [-0.25, -0.2) is 0 Å². The molecule has 0 saturated carbocycles. The van der Waals surface area contributed by atoms with E-state index in [1.165, 1.54) is 4.52 Å². The third-order valence-electron chi connectivity index (χ3n) is 2.82. The Morgan fingerprint density at radius 1 is 1.56 bits per heavy atom. The molecular formula is C12H11N3O2S. The summed E-state index contributed by atoms with van der Waals surface area (Å²) in [6.07, 6.45) is 0.464. The highest BCUT2D eigenvalue weighted by Crippen LogP contribution is 2.25. The SMILES string of the molecule is CCc1c(O)n2nc(-c3cccs3)cc2[nH]c1=O. The second kappa shape index (κ2) is 3.99. The number of hydrogen-bond donors (Lipinski definition) is 2. The molecule has 0 aliphatic rings. The molecule has 3 rings (SSSR count). The quantitative estimate of drug-likeness (QED) is 0.741. The summed E-state index contributed by atoms with van der Waals surface area (Å²) in [6.45, 7) is 1.82. The number of nitrogens with one attached hydrogen (secondary N) is 1. The van der Waals surface area contributed by atoms with Crippen LogP contribution >= 0.6 is 11.3 Å². The Morgan fingerprint density at radius 3 is 3.06 bits per heavy atom. The lowest BCUT2D eigenvalue weighted by atomic mass is 10.2. The van der Waals surface area contributed by atoms with Crippen molar-refractivity contribution in [2.75, 3.05) is 0 Å². The van der Waals surface area contributed by atoms with Crippen LogP contribution in [0, 0.1) is 0 Å². The molecule has 0 aliphatic heterocycles. The molecule has 0 unspecified atom stereocenters. The lowest BCUT2D eigenvalue weighted by Crippen LogP contribution is -2.14. The Morgan fingerprint density at radius 2 is 2.39 bits per heavy atom. The highest BCUT2D eigenvalue weighted by Gasteiger charge is 2.13. The molecule has 0 aromatic carbocycles. The number of hydrogen-bond acceptors (Lipinski definition) is 4. The molecule has 3 aromatic rings. The van der Waals surface area contributed by atoms with Gasteiger partial charge in [0.2, 0.25) is 5.88 Å². The molecule has 6 heteroatoms. The zero-order chi connectivity index (χ0) is 12.7. The Hall–Kier alpha value is -2.08. The van der Waals surface area contributed by atoms with Crippen LogP contribution in [0.25, 0.3) is 16.2 Å². The average Bonchev–Trinajstić information content (AvgIpc) is 2.96. The summed E-state index contributed by atoms with van der Waals surface area (Å²) in [6, 6.07) is 5.64. The lowest BCUT2D eigenvalue weighted by molar-refractivity contribution is 0.427. The first-order valence-corrected chi connectivity index (χ1v) is 6.46. The molecule has 0 spiro atoms. The molecular weight excluding hydrogens is 250 g/mol. The first-order chi connectivity index (χ1) is 8.70. The van der Waals surface area contributed by atoms with Gasteiger partial charge in [0.15, 0.2) is 0 Å².